The lowest BCUT2D eigenvalue weighted by Gasteiger charge is -1.84. The first-order valence-electron chi connectivity index (χ1n) is 3.02. The molecule has 0 aromatic carbocycles. The summed E-state index contributed by atoms with van der Waals surface area (Å²) >= 11 is 0. The van der Waals surface area contributed by atoms with E-state index in [4.69, 9.17) is 5.73 Å². The van der Waals surface area contributed by atoms with E-state index < -0.39 is 0 Å². The van der Waals surface area contributed by atoms with Crippen molar-refractivity contribution in [3.8, 4) is 0 Å². The minimum Gasteiger partial charge on any atom is -0.399 e. The van der Waals surface area contributed by atoms with Crippen molar-refractivity contribution in [2.75, 3.05) is 0 Å². The smallest absolute Gasteiger partial charge is 0.0270 e. The SMILES string of the molecule is C\C=C/C=C\C(N)=C/C. The van der Waals surface area contributed by atoms with Crippen LogP contribution in [-0.2, 0) is 0 Å². The van der Waals surface area contributed by atoms with Gasteiger partial charge in [-0.3, -0.25) is 0 Å². The maximum Gasteiger partial charge on any atom is 0.0270 e. The van der Waals surface area contributed by atoms with Crippen molar-refractivity contribution in [2.24, 2.45) is 5.73 Å². The first-order valence-corrected chi connectivity index (χ1v) is 3.02. The van der Waals surface area contributed by atoms with Crippen LogP contribution in [0.25, 0.3) is 0 Å². The van der Waals surface area contributed by atoms with Gasteiger partial charge < -0.3 is 5.73 Å². The number of hydrogen-bond donors (Lipinski definition) is 1. The Morgan fingerprint density at radius 1 is 1.22 bits per heavy atom. The summed E-state index contributed by atoms with van der Waals surface area (Å²) in [5.41, 5.74) is 6.25. The maximum atomic E-state index is 5.45. The van der Waals surface area contributed by atoms with E-state index in [1.165, 1.54) is 0 Å². The molecule has 0 heterocycles. The van der Waals surface area contributed by atoms with Gasteiger partial charge in [0.15, 0.2) is 0 Å². The molecule has 0 radical (unpaired) electrons. The highest BCUT2D eigenvalue weighted by Gasteiger charge is 1.71. The Morgan fingerprint density at radius 2 is 1.89 bits per heavy atom. The number of nitrogens with two attached hydrogens (primary N) is 1. The standard InChI is InChI=1S/C8H13N/c1-3-5-6-7-8(9)4-2/h3-7H,9H2,1-2H3/b5-3-,7-6-,8-4+. The summed E-state index contributed by atoms with van der Waals surface area (Å²) in [5, 5.41) is 0. The fraction of sp³-hybridized carbons (Fsp3) is 0.250. The van der Waals surface area contributed by atoms with Gasteiger partial charge in [-0.2, -0.15) is 0 Å². The van der Waals surface area contributed by atoms with Gasteiger partial charge in [0.25, 0.3) is 0 Å². The Hall–Kier alpha value is -0.980. The molecule has 0 saturated heterocycles. The van der Waals surface area contributed by atoms with Crippen LogP contribution in [0, 0.1) is 0 Å². The first kappa shape index (κ1) is 8.02. The molecular weight excluding hydrogens is 110 g/mol. The van der Waals surface area contributed by atoms with Crippen molar-refractivity contribution in [3.05, 3.63) is 36.1 Å². The monoisotopic (exact) mass is 123 g/mol. The van der Waals surface area contributed by atoms with Crippen LogP contribution in [-0.4, -0.2) is 0 Å². The molecule has 0 aromatic heterocycles. The van der Waals surface area contributed by atoms with Crippen LogP contribution >= 0.6 is 0 Å². The molecule has 0 aromatic rings. The lowest BCUT2D eigenvalue weighted by Crippen LogP contribution is -1.89. The largest absolute Gasteiger partial charge is 0.399 e. The summed E-state index contributed by atoms with van der Waals surface area (Å²) in [5.74, 6) is 0. The number of rotatable bonds is 2. The second-order valence-electron chi connectivity index (χ2n) is 1.67. The Kier molecular flexibility index (Phi) is 4.60. The molecule has 0 amide bonds. The third kappa shape index (κ3) is 4.88. The second-order valence-corrected chi connectivity index (χ2v) is 1.67. The lowest BCUT2D eigenvalue weighted by atomic mass is 10.3. The Morgan fingerprint density at radius 3 is 2.33 bits per heavy atom. The van der Waals surface area contributed by atoms with Gasteiger partial charge in [-0.05, 0) is 19.9 Å². The molecule has 1 nitrogen and oxygen atoms in total. The van der Waals surface area contributed by atoms with Crippen LogP contribution < -0.4 is 5.73 Å². The molecule has 0 unspecified atom stereocenters. The fourth-order valence-corrected chi connectivity index (χ4v) is 0.374. The van der Waals surface area contributed by atoms with E-state index in [-0.39, 0.29) is 0 Å². The Balaban J connectivity index is 3.71. The number of allylic oxidation sites excluding steroid dienone is 5. The molecule has 0 rings (SSSR count). The zero-order chi connectivity index (χ0) is 7.11. The van der Waals surface area contributed by atoms with E-state index in [1.807, 2.05) is 44.2 Å². The highest BCUT2D eigenvalue weighted by molar-refractivity contribution is 5.17. The Bertz CT molecular complexity index is 141. The van der Waals surface area contributed by atoms with Crippen LogP contribution in [0.5, 0.6) is 0 Å². The van der Waals surface area contributed by atoms with Gasteiger partial charge in [0.2, 0.25) is 0 Å². The van der Waals surface area contributed by atoms with E-state index in [0.717, 1.165) is 5.70 Å². The van der Waals surface area contributed by atoms with Crippen LogP contribution in [0.3, 0.4) is 0 Å². The van der Waals surface area contributed by atoms with Crippen molar-refractivity contribution in [1.82, 2.24) is 0 Å². The predicted octanol–water partition coefficient (Wildman–Crippen LogP) is 1.98. The number of hydrogen-bond acceptors (Lipinski definition) is 1. The summed E-state index contributed by atoms with van der Waals surface area (Å²) in [4.78, 5) is 0. The third-order valence-corrected chi connectivity index (χ3v) is 0.926. The van der Waals surface area contributed by atoms with Gasteiger partial charge in [-0.1, -0.05) is 24.3 Å². The maximum absolute atomic E-state index is 5.45. The van der Waals surface area contributed by atoms with Crippen LogP contribution in [0.2, 0.25) is 0 Å². The molecule has 0 saturated carbocycles. The predicted molar refractivity (Wildman–Crippen MR) is 41.9 cm³/mol. The summed E-state index contributed by atoms with van der Waals surface area (Å²) in [6, 6.07) is 0. The lowest BCUT2D eigenvalue weighted by molar-refractivity contribution is 1.39. The van der Waals surface area contributed by atoms with Gasteiger partial charge in [-0.25, -0.2) is 0 Å². The zero-order valence-corrected chi connectivity index (χ0v) is 5.96. The molecule has 0 spiro atoms. The molecule has 9 heavy (non-hydrogen) atoms. The van der Waals surface area contributed by atoms with Gasteiger partial charge in [0.1, 0.15) is 0 Å². The first-order chi connectivity index (χ1) is 4.31. The molecule has 0 aliphatic carbocycles. The van der Waals surface area contributed by atoms with Crippen LogP contribution in [0.15, 0.2) is 36.1 Å². The third-order valence-electron chi connectivity index (χ3n) is 0.926. The molecule has 50 valence electrons. The van der Waals surface area contributed by atoms with Gasteiger partial charge in [0.05, 0.1) is 0 Å². The van der Waals surface area contributed by atoms with Crippen LogP contribution in [0.4, 0.5) is 0 Å². The average Bonchev–Trinajstić information content (AvgIpc) is 1.89. The molecule has 0 fully saturated rings. The summed E-state index contributed by atoms with van der Waals surface area (Å²) in [6.07, 6.45) is 9.53. The molecule has 1 heteroatoms. The van der Waals surface area contributed by atoms with Gasteiger partial charge >= 0.3 is 0 Å². The zero-order valence-electron chi connectivity index (χ0n) is 5.96. The summed E-state index contributed by atoms with van der Waals surface area (Å²) < 4.78 is 0. The Labute approximate surface area is 56.6 Å². The van der Waals surface area contributed by atoms with E-state index >= 15 is 0 Å². The highest BCUT2D eigenvalue weighted by Crippen LogP contribution is 1.85. The van der Waals surface area contributed by atoms with Crippen molar-refractivity contribution < 1.29 is 0 Å². The van der Waals surface area contributed by atoms with E-state index in [2.05, 4.69) is 0 Å². The molecule has 0 bridgehead atoms. The normalized spacial score (nSPS) is 13.8. The van der Waals surface area contributed by atoms with Gasteiger partial charge in [0, 0.05) is 5.70 Å². The minimum atomic E-state index is 0.799. The van der Waals surface area contributed by atoms with Gasteiger partial charge in [-0.15, -0.1) is 0 Å². The average molecular weight is 123 g/mol. The van der Waals surface area contributed by atoms with Crippen molar-refractivity contribution in [3.63, 3.8) is 0 Å². The fourth-order valence-electron chi connectivity index (χ4n) is 0.374. The minimum absolute atomic E-state index is 0.799. The van der Waals surface area contributed by atoms with E-state index in [1.54, 1.807) is 0 Å². The molecule has 0 aliphatic heterocycles. The highest BCUT2D eigenvalue weighted by atomic mass is 14.5. The van der Waals surface area contributed by atoms with Crippen LogP contribution in [0.1, 0.15) is 13.8 Å². The molecule has 0 aliphatic rings. The molecule has 0 atom stereocenters. The van der Waals surface area contributed by atoms with E-state index in [9.17, 15) is 0 Å². The topological polar surface area (TPSA) is 26.0 Å². The summed E-state index contributed by atoms with van der Waals surface area (Å²) in [6.45, 7) is 3.88. The second kappa shape index (κ2) is 5.16. The van der Waals surface area contributed by atoms with E-state index in [0.29, 0.717) is 0 Å². The van der Waals surface area contributed by atoms with Crippen molar-refractivity contribution >= 4 is 0 Å². The summed E-state index contributed by atoms with van der Waals surface area (Å²) in [7, 11) is 0. The van der Waals surface area contributed by atoms with Crippen molar-refractivity contribution in [2.45, 2.75) is 13.8 Å². The quantitative estimate of drug-likeness (QED) is 0.558. The van der Waals surface area contributed by atoms with Crippen molar-refractivity contribution in [1.29, 1.82) is 0 Å². The molecular formula is C8H13N. The molecule has 2 N–H and O–H groups in total.